The summed E-state index contributed by atoms with van der Waals surface area (Å²) in [6.07, 6.45) is 6.65. The van der Waals surface area contributed by atoms with Gasteiger partial charge in [-0.2, -0.15) is 0 Å². The van der Waals surface area contributed by atoms with Gasteiger partial charge >= 0.3 is 0 Å². The van der Waals surface area contributed by atoms with Crippen molar-refractivity contribution in [2.45, 2.75) is 44.6 Å². The van der Waals surface area contributed by atoms with Crippen LogP contribution < -0.4 is 10.6 Å². The van der Waals surface area contributed by atoms with E-state index in [1.807, 2.05) is 0 Å². The molecule has 1 aromatic rings. The van der Waals surface area contributed by atoms with Crippen LogP contribution in [0.3, 0.4) is 0 Å². The summed E-state index contributed by atoms with van der Waals surface area (Å²) in [6.45, 7) is 0. The molecule has 0 bridgehead atoms. The summed E-state index contributed by atoms with van der Waals surface area (Å²) in [5, 5.41) is 5.40. The Morgan fingerprint density at radius 1 is 1.33 bits per heavy atom. The van der Waals surface area contributed by atoms with Crippen LogP contribution in [0.5, 0.6) is 0 Å². The maximum Gasteiger partial charge on any atom is 0.287 e. The first kappa shape index (κ1) is 16.1. The van der Waals surface area contributed by atoms with Crippen LogP contribution in [0.4, 0.5) is 0 Å². The lowest BCUT2D eigenvalue weighted by Gasteiger charge is -2.26. The van der Waals surface area contributed by atoms with E-state index in [1.54, 1.807) is 19.2 Å². The van der Waals surface area contributed by atoms with Crippen LogP contribution >= 0.6 is 15.9 Å². The minimum absolute atomic E-state index is 0.153. The molecule has 2 amide bonds. The van der Waals surface area contributed by atoms with Gasteiger partial charge in [-0.1, -0.05) is 32.1 Å². The predicted molar refractivity (Wildman–Crippen MR) is 82.9 cm³/mol. The standard InChI is InChI=1S/C15H21BrN2O3/c1-17-14(19)11(9-10-5-3-2-4-6-10)18-15(20)12-7-8-13(16)21-12/h7-8,10-11H,2-6,9H2,1H3,(H,17,19)(H,18,20). The van der Waals surface area contributed by atoms with Crippen molar-refractivity contribution in [3.8, 4) is 0 Å². The van der Waals surface area contributed by atoms with Crippen molar-refractivity contribution < 1.29 is 14.0 Å². The number of halogens is 1. The van der Waals surface area contributed by atoms with Crippen LogP contribution in [0.1, 0.15) is 49.1 Å². The normalized spacial score (nSPS) is 17.2. The van der Waals surface area contributed by atoms with Gasteiger partial charge in [0, 0.05) is 7.05 Å². The van der Waals surface area contributed by atoms with Gasteiger partial charge in [0.2, 0.25) is 5.91 Å². The van der Waals surface area contributed by atoms with Gasteiger partial charge in [-0.3, -0.25) is 9.59 Å². The molecule has 1 aliphatic rings. The Balaban J connectivity index is 1.98. The molecule has 0 aromatic carbocycles. The summed E-state index contributed by atoms with van der Waals surface area (Å²) >= 11 is 3.16. The Bertz CT molecular complexity index is 495. The monoisotopic (exact) mass is 356 g/mol. The number of rotatable bonds is 5. The summed E-state index contributed by atoms with van der Waals surface area (Å²) in [5.41, 5.74) is 0. The second-order valence-corrected chi connectivity index (χ2v) is 6.27. The molecule has 0 saturated heterocycles. The van der Waals surface area contributed by atoms with Crippen LogP contribution in [0.25, 0.3) is 0 Å². The fraction of sp³-hybridized carbons (Fsp3) is 0.600. The molecule has 1 saturated carbocycles. The molecule has 5 nitrogen and oxygen atoms in total. The first-order valence-corrected chi connectivity index (χ1v) is 8.17. The van der Waals surface area contributed by atoms with Gasteiger partial charge in [0.25, 0.3) is 5.91 Å². The predicted octanol–water partition coefficient (Wildman–Crippen LogP) is 2.86. The highest BCUT2D eigenvalue weighted by Gasteiger charge is 2.26. The van der Waals surface area contributed by atoms with E-state index in [9.17, 15) is 9.59 Å². The lowest BCUT2D eigenvalue weighted by molar-refractivity contribution is -0.123. The lowest BCUT2D eigenvalue weighted by Crippen LogP contribution is -2.46. The molecule has 1 atom stereocenters. The minimum atomic E-state index is -0.505. The zero-order valence-electron chi connectivity index (χ0n) is 12.2. The van der Waals surface area contributed by atoms with E-state index in [2.05, 4.69) is 26.6 Å². The molecule has 2 N–H and O–H groups in total. The van der Waals surface area contributed by atoms with Crippen LogP contribution in [0.15, 0.2) is 21.2 Å². The van der Waals surface area contributed by atoms with Crippen molar-refractivity contribution in [1.82, 2.24) is 10.6 Å². The third-order valence-corrected chi connectivity index (χ3v) is 4.39. The molecule has 1 heterocycles. The molecule has 1 aliphatic carbocycles. The molecule has 0 spiro atoms. The number of hydrogen-bond donors (Lipinski definition) is 2. The fourth-order valence-electron chi connectivity index (χ4n) is 2.83. The largest absolute Gasteiger partial charge is 0.444 e. The quantitative estimate of drug-likeness (QED) is 0.851. The Morgan fingerprint density at radius 3 is 2.62 bits per heavy atom. The number of carbonyl (C=O) groups excluding carboxylic acids is 2. The van der Waals surface area contributed by atoms with Gasteiger partial charge < -0.3 is 15.1 Å². The first-order valence-electron chi connectivity index (χ1n) is 7.38. The van der Waals surface area contributed by atoms with Gasteiger partial charge in [-0.05, 0) is 40.4 Å². The fourth-order valence-corrected chi connectivity index (χ4v) is 3.13. The number of hydrogen-bond acceptors (Lipinski definition) is 3. The van der Waals surface area contributed by atoms with Crippen molar-refractivity contribution in [1.29, 1.82) is 0 Å². The highest BCUT2D eigenvalue weighted by atomic mass is 79.9. The molecule has 6 heteroatoms. The Hall–Kier alpha value is -1.30. The van der Waals surface area contributed by atoms with Gasteiger partial charge in [-0.15, -0.1) is 0 Å². The SMILES string of the molecule is CNC(=O)C(CC1CCCCC1)NC(=O)c1ccc(Br)o1. The summed E-state index contributed by atoms with van der Waals surface area (Å²) in [5.74, 6) is 0.203. The zero-order valence-corrected chi connectivity index (χ0v) is 13.7. The molecule has 1 fully saturated rings. The minimum Gasteiger partial charge on any atom is -0.444 e. The number of nitrogens with one attached hydrogen (secondary N) is 2. The van der Waals surface area contributed by atoms with Crippen LogP contribution in [0, 0.1) is 5.92 Å². The molecule has 21 heavy (non-hydrogen) atoms. The molecule has 116 valence electrons. The summed E-state index contributed by atoms with van der Waals surface area (Å²) < 4.78 is 5.72. The Kier molecular flexibility index (Phi) is 5.85. The Morgan fingerprint density at radius 2 is 2.05 bits per heavy atom. The topological polar surface area (TPSA) is 71.3 Å². The van der Waals surface area contributed by atoms with Crippen LogP contribution in [0.2, 0.25) is 0 Å². The van der Waals surface area contributed by atoms with E-state index in [4.69, 9.17) is 4.42 Å². The third kappa shape index (κ3) is 4.59. The smallest absolute Gasteiger partial charge is 0.287 e. The maximum absolute atomic E-state index is 12.1. The molecule has 0 radical (unpaired) electrons. The summed E-state index contributed by atoms with van der Waals surface area (Å²) in [7, 11) is 1.59. The first-order chi connectivity index (χ1) is 10.1. The number of likely N-dealkylation sites (N-methyl/N-ethyl adjacent to an activating group) is 1. The number of carbonyl (C=O) groups is 2. The molecule has 0 aliphatic heterocycles. The van der Waals surface area contributed by atoms with Crippen molar-refractivity contribution in [2.24, 2.45) is 5.92 Å². The van der Waals surface area contributed by atoms with Crippen molar-refractivity contribution in [3.63, 3.8) is 0 Å². The van der Waals surface area contributed by atoms with Gasteiger partial charge in [0.05, 0.1) is 0 Å². The molecular weight excluding hydrogens is 336 g/mol. The second kappa shape index (κ2) is 7.64. The second-order valence-electron chi connectivity index (χ2n) is 5.48. The van der Waals surface area contributed by atoms with Crippen LogP contribution in [-0.2, 0) is 4.79 Å². The average Bonchev–Trinajstić information content (AvgIpc) is 2.93. The lowest BCUT2D eigenvalue weighted by atomic mass is 9.84. The van der Waals surface area contributed by atoms with Gasteiger partial charge in [0.15, 0.2) is 10.4 Å². The van der Waals surface area contributed by atoms with Crippen molar-refractivity contribution >= 4 is 27.7 Å². The summed E-state index contributed by atoms with van der Waals surface area (Å²) in [6, 6.07) is 2.74. The van der Waals surface area contributed by atoms with Gasteiger partial charge in [-0.25, -0.2) is 0 Å². The molecule has 1 aromatic heterocycles. The van der Waals surface area contributed by atoms with Crippen molar-refractivity contribution in [3.05, 3.63) is 22.6 Å². The molecule has 1 unspecified atom stereocenters. The van der Waals surface area contributed by atoms with E-state index >= 15 is 0 Å². The molecular formula is C15H21BrN2O3. The number of amides is 2. The van der Waals surface area contributed by atoms with Crippen LogP contribution in [-0.4, -0.2) is 24.9 Å². The van der Waals surface area contributed by atoms with E-state index in [0.29, 0.717) is 17.0 Å². The Labute approximate surface area is 133 Å². The van der Waals surface area contributed by atoms with E-state index in [1.165, 1.54) is 19.3 Å². The highest BCUT2D eigenvalue weighted by molar-refractivity contribution is 9.10. The average molecular weight is 357 g/mol. The zero-order chi connectivity index (χ0) is 15.2. The van der Waals surface area contributed by atoms with Crippen molar-refractivity contribution in [2.75, 3.05) is 7.05 Å². The highest BCUT2D eigenvalue weighted by Crippen LogP contribution is 2.27. The third-order valence-electron chi connectivity index (χ3n) is 3.96. The summed E-state index contributed by atoms with van der Waals surface area (Å²) in [4.78, 5) is 24.1. The molecule has 2 rings (SSSR count). The van der Waals surface area contributed by atoms with E-state index < -0.39 is 6.04 Å². The van der Waals surface area contributed by atoms with E-state index in [-0.39, 0.29) is 17.6 Å². The van der Waals surface area contributed by atoms with Gasteiger partial charge in [0.1, 0.15) is 6.04 Å². The number of furan rings is 1. The van der Waals surface area contributed by atoms with E-state index in [0.717, 1.165) is 12.8 Å². The maximum atomic E-state index is 12.1.